The van der Waals surface area contributed by atoms with Gasteiger partial charge in [-0.1, -0.05) is 32.4 Å². The predicted octanol–water partition coefficient (Wildman–Crippen LogP) is 3.12. The van der Waals surface area contributed by atoms with Crippen LogP contribution in [0, 0.1) is 5.92 Å². The highest BCUT2D eigenvalue weighted by atomic mass is 32.1. The zero-order valence-electron chi connectivity index (χ0n) is 11.7. The van der Waals surface area contributed by atoms with Crippen LogP contribution in [0.4, 0.5) is 5.69 Å². The normalized spacial score (nSPS) is 13.8. The monoisotopic (exact) mass is 289 g/mol. The Morgan fingerprint density at radius 1 is 1.50 bits per heavy atom. The average molecular weight is 289 g/mol. The summed E-state index contributed by atoms with van der Waals surface area (Å²) < 4.78 is 0. The molecule has 0 fully saturated rings. The molecule has 0 aliphatic heterocycles. The van der Waals surface area contributed by atoms with Gasteiger partial charge in [-0.05, 0) is 18.1 Å². The molecule has 2 unspecified atom stereocenters. The Labute approximate surface area is 123 Å². The lowest BCUT2D eigenvalue weighted by atomic mass is 9.99. The molecule has 0 radical (unpaired) electrons. The lowest BCUT2D eigenvalue weighted by molar-refractivity contribution is -0.118. The number of anilines is 1. The minimum Gasteiger partial charge on any atom is -0.325 e. The maximum atomic E-state index is 12.1. The van der Waals surface area contributed by atoms with E-state index < -0.39 is 6.04 Å². The second kappa shape index (κ2) is 6.63. The van der Waals surface area contributed by atoms with E-state index in [9.17, 15) is 4.79 Å². The molecule has 20 heavy (non-hydrogen) atoms. The number of nitrogens with two attached hydrogens (primary N) is 1. The largest absolute Gasteiger partial charge is 0.325 e. The molecule has 2 aromatic rings. The van der Waals surface area contributed by atoms with E-state index in [0.29, 0.717) is 0 Å². The molecule has 4 nitrogen and oxygen atoms in total. The van der Waals surface area contributed by atoms with Crippen molar-refractivity contribution < 1.29 is 4.79 Å². The number of thiazole rings is 1. The van der Waals surface area contributed by atoms with Crippen molar-refractivity contribution in [3.05, 3.63) is 35.8 Å². The fraction of sp³-hybridized carbons (Fsp3) is 0.333. The smallest absolute Gasteiger partial charge is 0.241 e. The van der Waals surface area contributed by atoms with Gasteiger partial charge < -0.3 is 11.1 Å². The molecule has 3 N–H and O–H groups in total. The molecule has 106 valence electrons. The van der Waals surface area contributed by atoms with Gasteiger partial charge in [0, 0.05) is 22.8 Å². The van der Waals surface area contributed by atoms with Crippen molar-refractivity contribution in [2.75, 3.05) is 5.32 Å². The third kappa shape index (κ3) is 3.43. The summed E-state index contributed by atoms with van der Waals surface area (Å²) in [5.41, 5.74) is 7.68. The summed E-state index contributed by atoms with van der Waals surface area (Å²) in [6, 6.07) is 7.17. The van der Waals surface area contributed by atoms with Crippen LogP contribution in [-0.4, -0.2) is 16.9 Å². The van der Waals surface area contributed by atoms with E-state index in [4.69, 9.17) is 5.73 Å². The Hall–Kier alpha value is -1.72. The van der Waals surface area contributed by atoms with E-state index in [2.05, 4.69) is 10.3 Å². The Kier molecular flexibility index (Phi) is 4.87. The lowest BCUT2D eigenvalue weighted by Gasteiger charge is -2.17. The molecule has 5 heteroatoms. The van der Waals surface area contributed by atoms with Crippen LogP contribution in [0.2, 0.25) is 0 Å². The topological polar surface area (TPSA) is 68.0 Å². The van der Waals surface area contributed by atoms with Crippen molar-refractivity contribution in [3.8, 4) is 10.6 Å². The van der Waals surface area contributed by atoms with E-state index in [0.717, 1.165) is 22.7 Å². The highest BCUT2D eigenvalue weighted by Gasteiger charge is 2.19. The Bertz CT molecular complexity index is 568. The summed E-state index contributed by atoms with van der Waals surface area (Å²) in [5.74, 6) is 0.0211. The van der Waals surface area contributed by atoms with Gasteiger partial charge in [0.2, 0.25) is 5.91 Å². The van der Waals surface area contributed by atoms with Crippen molar-refractivity contribution in [1.82, 2.24) is 4.98 Å². The van der Waals surface area contributed by atoms with Crippen LogP contribution in [0.25, 0.3) is 10.6 Å². The molecule has 2 rings (SSSR count). The van der Waals surface area contributed by atoms with Crippen LogP contribution in [0.1, 0.15) is 20.3 Å². The summed E-state index contributed by atoms with van der Waals surface area (Å²) in [4.78, 5) is 16.3. The third-order valence-electron chi connectivity index (χ3n) is 3.37. The number of carbonyl (C=O) groups is 1. The average Bonchev–Trinajstić information content (AvgIpc) is 3.00. The van der Waals surface area contributed by atoms with Gasteiger partial charge in [-0.3, -0.25) is 4.79 Å². The highest BCUT2D eigenvalue weighted by molar-refractivity contribution is 7.13. The van der Waals surface area contributed by atoms with Gasteiger partial charge in [-0.2, -0.15) is 0 Å². The van der Waals surface area contributed by atoms with E-state index in [1.807, 2.05) is 43.5 Å². The van der Waals surface area contributed by atoms with Crippen LogP contribution in [-0.2, 0) is 4.79 Å². The summed E-state index contributed by atoms with van der Waals surface area (Å²) >= 11 is 1.57. The lowest BCUT2D eigenvalue weighted by Crippen LogP contribution is -2.40. The summed E-state index contributed by atoms with van der Waals surface area (Å²) in [7, 11) is 0. The molecule has 1 heterocycles. The Morgan fingerprint density at radius 3 is 2.95 bits per heavy atom. The predicted molar refractivity (Wildman–Crippen MR) is 83.6 cm³/mol. The Morgan fingerprint density at radius 2 is 2.30 bits per heavy atom. The number of carbonyl (C=O) groups excluding carboxylic acids is 1. The van der Waals surface area contributed by atoms with Gasteiger partial charge in [0.05, 0.1) is 6.04 Å². The second-order valence-corrected chi connectivity index (χ2v) is 5.71. The van der Waals surface area contributed by atoms with Crippen molar-refractivity contribution in [1.29, 1.82) is 0 Å². The van der Waals surface area contributed by atoms with Crippen molar-refractivity contribution in [3.63, 3.8) is 0 Å². The van der Waals surface area contributed by atoms with E-state index in [1.165, 1.54) is 0 Å². The fourth-order valence-electron chi connectivity index (χ4n) is 1.83. The number of amides is 1. The molecule has 0 spiro atoms. The van der Waals surface area contributed by atoms with Crippen LogP contribution in [0.5, 0.6) is 0 Å². The first kappa shape index (κ1) is 14.7. The number of rotatable bonds is 5. The maximum Gasteiger partial charge on any atom is 0.241 e. The van der Waals surface area contributed by atoms with Crippen LogP contribution in [0.15, 0.2) is 35.8 Å². The van der Waals surface area contributed by atoms with Gasteiger partial charge in [-0.25, -0.2) is 4.98 Å². The second-order valence-electron chi connectivity index (χ2n) is 4.82. The summed E-state index contributed by atoms with van der Waals surface area (Å²) in [5, 5.41) is 5.74. The first-order chi connectivity index (χ1) is 9.61. The molecule has 0 bridgehead atoms. The molecule has 0 aliphatic carbocycles. The molecule has 0 saturated heterocycles. The number of aromatic nitrogens is 1. The van der Waals surface area contributed by atoms with Crippen molar-refractivity contribution in [2.24, 2.45) is 11.7 Å². The number of hydrogen-bond donors (Lipinski definition) is 2. The zero-order chi connectivity index (χ0) is 14.5. The number of benzene rings is 1. The van der Waals surface area contributed by atoms with Gasteiger partial charge in [0.1, 0.15) is 5.01 Å². The fourth-order valence-corrected chi connectivity index (χ4v) is 2.47. The SMILES string of the molecule is CCC(C)C(N)C(=O)Nc1cccc(-c2nccs2)c1. The minimum absolute atomic E-state index is 0.143. The number of hydrogen-bond acceptors (Lipinski definition) is 4. The molecule has 1 aromatic heterocycles. The van der Waals surface area contributed by atoms with Gasteiger partial charge in [-0.15, -0.1) is 11.3 Å². The molecule has 1 amide bonds. The minimum atomic E-state index is -0.483. The highest BCUT2D eigenvalue weighted by Crippen LogP contribution is 2.24. The Balaban J connectivity index is 2.10. The summed E-state index contributed by atoms with van der Waals surface area (Å²) in [6.07, 6.45) is 2.65. The first-order valence-electron chi connectivity index (χ1n) is 6.68. The van der Waals surface area contributed by atoms with Crippen molar-refractivity contribution in [2.45, 2.75) is 26.3 Å². The van der Waals surface area contributed by atoms with Crippen LogP contribution >= 0.6 is 11.3 Å². The first-order valence-corrected chi connectivity index (χ1v) is 7.56. The standard InChI is InChI=1S/C15H19N3OS/c1-3-10(2)13(16)14(19)18-12-6-4-5-11(9-12)15-17-7-8-20-15/h4-10,13H,3,16H2,1-2H3,(H,18,19). The van der Waals surface area contributed by atoms with E-state index in [1.54, 1.807) is 17.5 Å². The zero-order valence-corrected chi connectivity index (χ0v) is 12.5. The van der Waals surface area contributed by atoms with Gasteiger partial charge in [0.25, 0.3) is 0 Å². The number of nitrogens with one attached hydrogen (secondary N) is 1. The maximum absolute atomic E-state index is 12.1. The van der Waals surface area contributed by atoms with E-state index in [-0.39, 0.29) is 11.8 Å². The van der Waals surface area contributed by atoms with Gasteiger partial charge >= 0.3 is 0 Å². The van der Waals surface area contributed by atoms with Crippen LogP contribution in [0.3, 0.4) is 0 Å². The van der Waals surface area contributed by atoms with E-state index >= 15 is 0 Å². The molecule has 1 aromatic carbocycles. The molecule has 2 atom stereocenters. The van der Waals surface area contributed by atoms with Crippen LogP contribution < -0.4 is 11.1 Å². The molecular formula is C15H19N3OS. The number of nitrogens with zero attached hydrogens (tertiary/aromatic N) is 1. The third-order valence-corrected chi connectivity index (χ3v) is 4.19. The van der Waals surface area contributed by atoms with Gasteiger partial charge in [0.15, 0.2) is 0 Å². The molecular weight excluding hydrogens is 270 g/mol. The van der Waals surface area contributed by atoms with Crippen molar-refractivity contribution >= 4 is 22.9 Å². The quantitative estimate of drug-likeness (QED) is 0.888. The summed E-state index contributed by atoms with van der Waals surface area (Å²) in [6.45, 7) is 4.01. The molecule has 0 aliphatic rings. The molecule has 0 saturated carbocycles.